The summed E-state index contributed by atoms with van der Waals surface area (Å²) in [6, 6.07) is 0. The molecule has 1 fully saturated rings. The van der Waals surface area contributed by atoms with Crippen LogP contribution < -0.4 is 0 Å². The van der Waals surface area contributed by atoms with Gasteiger partial charge in [-0.2, -0.15) is 0 Å². The number of esters is 2. The molecule has 0 aromatic carbocycles. The zero-order valence-electron chi connectivity index (χ0n) is 10.5. The molecule has 0 aliphatic carbocycles. The first kappa shape index (κ1) is 14.0. The molecule has 17 heavy (non-hydrogen) atoms. The van der Waals surface area contributed by atoms with Gasteiger partial charge in [-0.25, -0.2) is 0 Å². The van der Waals surface area contributed by atoms with Crippen molar-refractivity contribution < 1.29 is 23.8 Å². The third-order valence-corrected chi connectivity index (χ3v) is 2.45. The van der Waals surface area contributed by atoms with Gasteiger partial charge in [-0.05, 0) is 12.8 Å². The zero-order valence-corrected chi connectivity index (χ0v) is 10.5. The van der Waals surface area contributed by atoms with Crippen molar-refractivity contribution in [2.24, 2.45) is 0 Å². The zero-order chi connectivity index (χ0) is 12.7. The van der Waals surface area contributed by atoms with Crippen LogP contribution in [-0.4, -0.2) is 37.4 Å². The highest BCUT2D eigenvalue weighted by molar-refractivity contribution is 5.70. The second kappa shape index (κ2) is 6.59. The minimum Gasteiger partial charge on any atom is -0.462 e. The highest BCUT2D eigenvalue weighted by Crippen LogP contribution is 2.28. The molecule has 0 radical (unpaired) electrons. The van der Waals surface area contributed by atoms with Crippen molar-refractivity contribution in [3.05, 3.63) is 0 Å². The van der Waals surface area contributed by atoms with Crippen molar-refractivity contribution in [3.8, 4) is 0 Å². The smallest absolute Gasteiger partial charge is 0.305 e. The van der Waals surface area contributed by atoms with Crippen LogP contribution in [0, 0.1) is 0 Å². The van der Waals surface area contributed by atoms with Crippen molar-refractivity contribution in [3.63, 3.8) is 0 Å². The van der Waals surface area contributed by atoms with E-state index in [4.69, 9.17) is 14.2 Å². The monoisotopic (exact) mass is 244 g/mol. The van der Waals surface area contributed by atoms with Gasteiger partial charge in [-0.15, -0.1) is 0 Å². The van der Waals surface area contributed by atoms with Gasteiger partial charge in [0.05, 0.1) is 6.61 Å². The molecule has 0 amide bonds. The molecule has 0 bridgehead atoms. The van der Waals surface area contributed by atoms with Crippen molar-refractivity contribution >= 4 is 11.9 Å². The Labute approximate surface area is 101 Å². The minimum atomic E-state index is -0.577. The van der Waals surface area contributed by atoms with Crippen molar-refractivity contribution in [2.75, 3.05) is 19.8 Å². The minimum absolute atomic E-state index is 0.172. The fraction of sp³-hybridized carbons (Fsp3) is 0.833. The van der Waals surface area contributed by atoms with E-state index in [0.29, 0.717) is 19.4 Å². The molecule has 5 nitrogen and oxygen atoms in total. The molecule has 0 N–H and O–H groups in total. The molecular formula is C12H20O5. The third-order valence-electron chi connectivity index (χ3n) is 2.45. The van der Waals surface area contributed by atoms with E-state index in [2.05, 4.69) is 0 Å². The van der Waals surface area contributed by atoms with Gasteiger partial charge in [0.25, 0.3) is 0 Å². The van der Waals surface area contributed by atoms with Crippen LogP contribution in [0.2, 0.25) is 0 Å². The Morgan fingerprint density at radius 2 is 1.47 bits per heavy atom. The molecular weight excluding hydrogens is 224 g/mol. The predicted octanol–water partition coefficient (Wildman–Crippen LogP) is 1.44. The quantitative estimate of drug-likeness (QED) is 0.477. The first-order valence-electron chi connectivity index (χ1n) is 6.07. The van der Waals surface area contributed by atoms with Gasteiger partial charge in [-0.1, -0.05) is 13.8 Å². The summed E-state index contributed by atoms with van der Waals surface area (Å²) in [6.07, 6.45) is 2.34. The molecule has 5 heteroatoms. The molecule has 0 saturated carbocycles. The topological polar surface area (TPSA) is 65.1 Å². The highest BCUT2D eigenvalue weighted by Gasteiger charge is 2.47. The maximum absolute atomic E-state index is 11.2. The van der Waals surface area contributed by atoms with E-state index < -0.39 is 5.60 Å². The molecule has 0 unspecified atom stereocenters. The van der Waals surface area contributed by atoms with Crippen LogP contribution in [0.5, 0.6) is 0 Å². The third kappa shape index (κ3) is 5.17. The first-order chi connectivity index (χ1) is 8.12. The van der Waals surface area contributed by atoms with Crippen LogP contribution in [0.1, 0.15) is 39.5 Å². The van der Waals surface area contributed by atoms with Crippen LogP contribution in [-0.2, 0) is 23.8 Å². The predicted molar refractivity (Wildman–Crippen MR) is 60.4 cm³/mol. The van der Waals surface area contributed by atoms with Crippen LogP contribution in [0.3, 0.4) is 0 Å². The Morgan fingerprint density at radius 1 is 1.06 bits per heavy atom. The Hall–Kier alpha value is -1.10. The number of carbonyl (C=O) groups is 2. The molecule has 0 atom stereocenters. The van der Waals surface area contributed by atoms with Gasteiger partial charge in [0.15, 0.2) is 5.60 Å². The molecule has 0 aromatic rings. The Morgan fingerprint density at radius 3 is 1.76 bits per heavy atom. The molecule has 1 heterocycles. The lowest BCUT2D eigenvalue weighted by Crippen LogP contribution is -2.29. The van der Waals surface area contributed by atoms with Crippen LogP contribution in [0.25, 0.3) is 0 Å². The Bertz CT molecular complexity index is 246. The van der Waals surface area contributed by atoms with E-state index >= 15 is 0 Å². The summed E-state index contributed by atoms with van der Waals surface area (Å²) in [6.45, 7) is 4.65. The van der Waals surface area contributed by atoms with Gasteiger partial charge in [-0.3, -0.25) is 9.59 Å². The average Bonchev–Trinajstić information content (AvgIpc) is 3.06. The van der Waals surface area contributed by atoms with Crippen molar-refractivity contribution in [2.45, 2.75) is 45.1 Å². The van der Waals surface area contributed by atoms with Crippen LogP contribution in [0.15, 0.2) is 0 Å². The van der Waals surface area contributed by atoms with Gasteiger partial charge >= 0.3 is 11.9 Å². The fourth-order valence-corrected chi connectivity index (χ4v) is 1.29. The number of hydrogen-bond donors (Lipinski definition) is 0. The lowest BCUT2D eigenvalue weighted by Gasteiger charge is -2.12. The van der Waals surface area contributed by atoms with E-state index in [1.54, 1.807) is 0 Å². The lowest BCUT2D eigenvalue weighted by atomic mass is 10.2. The average molecular weight is 244 g/mol. The van der Waals surface area contributed by atoms with E-state index in [0.717, 1.165) is 12.8 Å². The number of epoxide rings is 1. The summed E-state index contributed by atoms with van der Waals surface area (Å²) >= 11 is 0. The first-order valence-corrected chi connectivity index (χ1v) is 6.07. The molecule has 0 aromatic heterocycles. The molecule has 1 saturated heterocycles. The Balaban J connectivity index is 2.19. The molecule has 98 valence electrons. The standard InChI is InChI=1S/C12H20O5/c1-3-5-10(13)15-7-12(9-17-12)8-16-11(14)6-4-2/h3-9H2,1-2H3. The van der Waals surface area contributed by atoms with E-state index in [1.165, 1.54) is 0 Å². The number of rotatable bonds is 8. The van der Waals surface area contributed by atoms with Crippen LogP contribution in [0.4, 0.5) is 0 Å². The summed E-state index contributed by atoms with van der Waals surface area (Å²) in [7, 11) is 0. The van der Waals surface area contributed by atoms with Gasteiger partial charge in [0.1, 0.15) is 13.2 Å². The Kier molecular flexibility index (Phi) is 5.41. The van der Waals surface area contributed by atoms with Crippen LogP contribution >= 0.6 is 0 Å². The number of carbonyl (C=O) groups excluding carboxylic acids is 2. The molecule has 1 aliphatic heterocycles. The van der Waals surface area contributed by atoms with Crippen molar-refractivity contribution in [1.82, 2.24) is 0 Å². The maximum atomic E-state index is 11.2. The summed E-state index contributed by atoms with van der Waals surface area (Å²) in [5.74, 6) is -0.468. The normalized spacial score (nSPS) is 16.4. The molecule has 1 aliphatic rings. The summed E-state index contributed by atoms with van der Waals surface area (Å²) in [4.78, 5) is 22.3. The van der Waals surface area contributed by atoms with Crippen molar-refractivity contribution in [1.29, 1.82) is 0 Å². The summed E-state index contributed by atoms with van der Waals surface area (Å²) in [5, 5.41) is 0. The number of hydrogen-bond acceptors (Lipinski definition) is 5. The largest absolute Gasteiger partial charge is 0.462 e. The maximum Gasteiger partial charge on any atom is 0.305 e. The SMILES string of the molecule is CCCC(=O)OCC1(COC(=O)CCC)CO1. The van der Waals surface area contributed by atoms with Gasteiger partial charge in [0, 0.05) is 12.8 Å². The second-order valence-corrected chi connectivity index (χ2v) is 4.29. The van der Waals surface area contributed by atoms with E-state index in [-0.39, 0.29) is 25.2 Å². The highest BCUT2D eigenvalue weighted by atomic mass is 16.7. The fourth-order valence-electron chi connectivity index (χ4n) is 1.29. The van der Waals surface area contributed by atoms with Gasteiger partial charge in [0.2, 0.25) is 0 Å². The van der Waals surface area contributed by atoms with E-state index in [1.807, 2.05) is 13.8 Å². The van der Waals surface area contributed by atoms with Gasteiger partial charge < -0.3 is 14.2 Å². The number of ether oxygens (including phenoxy) is 3. The molecule has 0 spiro atoms. The molecule has 1 rings (SSSR count). The second-order valence-electron chi connectivity index (χ2n) is 4.29. The lowest BCUT2D eigenvalue weighted by molar-refractivity contribution is -0.150. The van der Waals surface area contributed by atoms with E-state index in [9.17, 15) is 9.59 Å². The summed E-state index contributed by atoms with van der Waals surface area (Å²) < 4.78 is 15.3. The summed E-state index contributed by atoms with van der Waals surface area (Å²) in [5.41, 5.74) is -0.577.